The Hall–Kier alpha value is -0.510. The highest BCUT2D eigenvalue weighted by atomic mass is 79.9. The summed E-state index contributed by atoms with van der Waals surface area (Å²) < 4.78 is 24.4. The number of halogens is 3. The molecule has 0 atom stereocenters. The van der Waals surface area contributed by atoms with E-state index >= 15 is 0 Å². The van der Waals surface area contributed by atoms with E-state index in [9.17, 15) is 8.78 Å². The van der Waals surface area contributed by atoms with Crippen molar-refractivity contribution in [3.63, 3.8) is 0 Å². The highest BCUT2D eigenvalue weighted by Gasteiger charge is 2.09. The Morgan fingerprint density at radius 1 is 1.50 bits per heavy atom. The fraction of sp³-hybridized carbons (Fsp3) is 0.375. The topological polar surface area (TPSA) is 12.9 Å². The number of hydrogen-bond donors (Lipinski definition) is 0. The van der Waals surface area contributed by atoms with E-state index in [0.29, 0.717) is 11.0 Å². The molecular formula is C8H8BrF2N. The van der Waals surface area contributed by atoms with Gasteiger partial charge in [-0.05, 0) is 24.6 Å². The van der Waals surface area contributed by atoms with E-state index in [4.69, 9.17) is 0 Å². The lowest BCUT2D eigenvalue weighted by Crippen LogP contribution is -1.94. The summed E-state index contributed by atoms with van der Waals surface area (Å²) in [5.74, 6) is 0. The Balaban J connectivity index is 3.06. The number of alkyl halides is 3. The monoisotopic (exact) mass is 235 g/mol. The van der Waals surface area contributed by atoms with Crippen LogP contribution < -0.4 is 0 Å². The molecule has 0 saturated heterocycles. The van der Waals surface area contributed by atoms with Crippen molar-refractivity contribution in [3.8, 4) is 0 Å². The molecule has 0 radical (unpaired) electrons. The van der Waals surface area contributed by atoms with Gasteiger partial charge < -0.3 is 0 Å². The fourth-order valence-corrected chi connectivity index (χ4v) is 1.28. The van der Waals surface area contributed by atoms with Gasteiger partial charge in [0.1, 0.15) is 5.69 Å². The van der Waals surface area contributed by atoms with E-state index < -0.39 is 6.43 Å². The van der Waals surface area contributed by atoms with Gasteiger partial charge in [0.05, 0.1) is 0 Å². The van der Waals surface area contributed by atoms with Crippen molar-refractivity contribution in [1.82, 2.24) is 4.98 Å². The maximum absolute atomic E-state index is 12.2. The first-order chi connectivity index (χ1) is 5.63. The highest BCUT2D eigenvalue weighted by Crippen LogP contribution is 2.19. The molecule has 0 aliphatic rings. The molecule has 0 aromatic carbocycles. The van der Waals surface area contributed by atoms with Crippen molar-refractivity contribution in [1.29, 1.82) is 0 Å². The molecule has 0 aliphatic carbocycles. The van der Waals surface area contributed by atoms with Gasteiger partial charge >= 0.3 is 0 Å². The van der Waals surface area contributed by atoms with Crippen LogP contribution >= 0.6 is 15.9 Å². The summed E-state index contributed by atoms with van der Waals surface area (Å²) in [5.41, 5.74) is 1.31. The number of nitrogens with zero attached hydrogens (tertiary/aromatic N) is 1. The van der Waals surface area contributed by atoms with Crippen molar-refractivity contribution >= 4 is 15.9 Å². The molecule has 12 heavy (non-hydrogen) atoms. The van der Waals surface area contributed by atoms with Gasteiger partial charge in [-0.2, -0.15) is 0 Å². The molecule has 66 valence electrons. The number of aryl methyl sites for hydroxylation is 1. The van der Waals surface area contributed by atoms with E-state index in [0.717, 1.165) is 5.56 Å². The second-order valence-electron chi connectivity index (χ2n) is 2.48. The lowest BCUT2D eigenvalue weighted by molar-refractivity contribution is 0.146. The summed E-state index contributed by atoms with van der Waals surface area (Å²) in [4.78, 5) is 3.71. The summed E-state index contributed by atoms with van der Waals surface area (Å²) in [5, 5.41) is 0.579. The Morgan fingerprint density at radius 3 is 2.67 bits per heavy atom. The molecule has 1 rings (SSSR count). The number of pyridine rings is 1. The van der Waals surface area contributed by atoms with Gasteiger partial charge in [-0.1, -0.05) is 15.9 Å². The summed E-state index contributed by atoms with van der Waals surface area (Å²) in [6, 6.07) is 3.19. The van der Waals surface area contributed by atoms with Crippen molar-refractivity contribution in [2.45, 2.75) is 18.7 Å². The van der Waals surface area contributed by atoms with Crippen LogP contribution in [0.3, 0.4) is 0 Å². The first-order valence-corrected chi connectivity index (χ1v) is 4.57. The van der Waals surface area contributed by atoms with Crippen LogP contribution in [0.1, 0.15) is 23.4 Å². The number of aromatic nitrogens is 1. The molecule has 0 aliphatic heterocycles. The minimum absolute atomic E-state index is 0.149. The van der Waals surface area contributed by atoms with Crippen LogP contribution in [0.5, 0.6) is 0 Å². The van der Waals surface area contributed by atoms with E-state index in [1.807, 2.05) is 0 Å². The van der Waals surface area contributed by atoms with Crippen molar-refractivity contribution in [3.05, 3.63) is 29.1 Å². The van der Waals surface area contributed by atoms with Gasteiger partial charge in [0.15, 0.2) is 0 Å². The lowest BCUT2D eigenvalue weighted by Gasteiger charge is -2.02. The van der Waals surface area contributed by atoms with Gasteiger partial charge in [-0.15, -0.1) is 0 Å². The van der Waals surface area contributed by atoms with E-state index in [2.05, 4.69) is 20.9 Å². The van der Waals surface area contributed by atoms with Crippen LogP contribution in [0.4, 0.5) is 8.78 Å². The quantitative estimate of drug-likeness (QED) is 0.718. The summed E-state index contributed by atoms with van der Waals surface area (Å²) in [7, 11) is 0. The summed E-state index contributed by atoms with van der Waals surface area (Å²) >= 11 is 3.20. The molecule has 4 heteroatoms. The van der Waals surface area contributed by atoms with Gasteiger partial charge in [0.2, 0.25) is 0 Å². The third-order valence-electron chi connectivity index (χ3n) is 1.41. The first kappa shape index (κ1) is 9.58. The second kappa shape index (κ2) is 3.94. The number of hydrogen-bond acceptors (Lipinski definition) is 1. The minimum atomic E-state index is -2.48. The zero-order valence-electron chi connectivity index (χ0n) is 6.52. The summed E-state index contributed by atoms with van der Waals surface area (Å²) in [6.45, 7) is 1.71. The zero-order valence-corrected chi connectivity index (χ0v) is 8.11. The van der Waals surface area contributed by atoms with Gasteiger partial charge in [0.25, 0.3) is 6.43 Å². The third-order valence-corrected chi connectivity index (χ3v) is 2.06. The van der Waals surface area contributed by atoms with Crippen LogP contribution in [0.2, 0.25) is 0 Å². The van der Waals surface area contributed by atoms with Gasteiger partial charge in [-0.25, -0.2) is 8.78 Å². The van der Waals surface area contributed by atoms with Gasteiger partial charge in [0, 0.05) is 11.0 Å². The van der Waals surface area contributed by atoms with Crippen molar-refractivity contribution in [2.75, 3.05) is 0 Å². The molecule has 1 aromatic heterocycles. The van der Waals surface area contributed by atoms with Crippen LogP contribution in [0.25, 0.3) is 0 Å². The molecular weight excluding hydrogens is 228 g/mol. The zero-order chi connectivity index (χ0) is 9.14. The first-order valence-electron chi connectivity index (χ1n) is 3.45. The van der Waals surface area contributed by atoms with E-state index in [1.165, 1.54) is 6.07 Å². The second-order valence-corrected chi connectivity index (χ2v) is 3.04. The molecule has 1 aromatic rings. The van der Waals surface area contributed by atoms with Gasteiger partial charge in [-0.3, -0.25) is 4.98 Å². The van der Waals surface area contributed by atoms with E-state index in [-0.39, 0.29) is 5.69 Å². The average molecular weight is 236 g/mol. The predicted molar refractivity (Wildman–Crippen MR) is 46.6 cm³/mol. The molecule has 0 unspecified atom stereocenters. The predicted octanol–water partition coefficient (Wildman–Crippen LogP) is 3.22. The molecule has 0 saturated carbocycles. The largest absolute Gasteiger partial charge is 0.280 e. The molecule has 1 heterocycles. The fourth-order valence-electron chi connectivity index (χ4n) is 0.957. The molecule has 0 spiro atoms. The Bertz CT molecular complexity index is 276. The maximum Gasteiger partial charge on any atom is 0.280 e. The molecule has 0 fully saturated rings. The molecule has 0 bridgehead atoms. The Kier molecular flexibility index (Phi) is 3.14. The normalized spacial score (nSPS) is 10.8. The van der Waals surface area contributed by atoms with Crippen LogP contribution in [0, 0.1) is 6.92 Å². The van der Waals surface area contributed by atoms with Crippen LogP contribution in [0.15, 0.2) is 12.1 Å². The highest BCUT2D eigenvalue weighted by molar-refractivity contribution is 9.08. The molecule has 1 nitrogen and oxygen atoms in total. The standard InChI is InChI=1S/C8H8BrF2N/c1-5-2-6(4-9)3-7(12-5)8(10)11/h2-3,8H,4H2,1H3. The van der Waals surface area contributed by atoms with Crippen molar-refractivity contribution < 1.29 is 8.78 Å². The molecule has 0 amide bonds. The molecule has 0 N–H and O–H groups in total. The average Bonchev–Trinajstić information content (AvgIpc) is 2.03. The Labute approximate surface area is 77.9 Å². The smallest absolute Gasteiger partial charge is 0.252 e. The lowest BCUT2D eigenvalue weighted by atomic mass is 10.2. The summed E-state index contributed by atoms with van der Waals surface area (Å²) in [6.07, 6.45) is -2.48. The van der Waals surface area contributed by atoms with E-state index in [1.54, 1.807) is 13.0 Å². The number of rotatable bonds is 2. The van der Waals surface area contributed by atoms with Crippen LogP contribution in [-0.2, 0) is 5.33 Å². The SMILES string of the molecule is Cc1cc(CBr)cc(C(F)F)n1. The van der Waals surface area contributed by atoms with Crippen LogP contribution in [-0.4, -0.2) is 4.98 Å². The minimum Gasteiger partial charge on any atom is -0.252 e. The van der Waals surface area contributed by atoms with Crippen molar-refractivity contribution in [2.24, 2.45) is 0 Å². The third kappa shape index (κ3) is 2.24. The Morgan fingerprint density at radius 2 is 2.17 bits per heavy atom. The maximum atomic E-state index is 12.2.